The van der Waals surface area contributed by atoms with Gasteiger partial charge in [0.1, 0.15) is 10.8 Å². The number of hydrogen-bond donors (Lipinski definition) is 2. The first-order valence-electron chi connectivity index (χ1n) is 11.5. The Morgan fingerprint density at radius 3 is 2.78 bits per heavy atom. The third-order valence-corrected chi connectivity index (χ3v) is 7.61. The summed E-state index contributed by atoms with van der Waals surface area (Å²) in [7, 11) is 0. The van der Waals surface area contributed by atoms with E-state index in [4.69, 9.17) is 4.74 Å². The molecule has 2 N–H and O–H groups in total. The quantitative estimate of drug-likeness (QED) is 0.205. The van der Waals surface area contributed by atoms with Gasteiger partial charge in [-0.05, 0) is 43.5 Å². The third kappa shape index (κ3) is 5.31. The molecule has 2 aromatic carbocycles. The van der Waals surface area contributed by atoms with Crippen molar-refractivity contribution in [3.05, 3.63) is 82.9 Å². The van der Waals surface area contributed by atoms with Gasteiger partial charge in [0.15, 0.2) is 11.6 Å². The zero-order valence-corrected chi connectivity index (χ0v) is 21.8. The van der Waals surface area contributed by atoms with Gasteiger partial charge in [0.2, 0.25) is 11.8 Å². The number of benzene rings is 2. The highest BCUT2D eigenvalue weighted by atomic mass is 32.2. The Kier molecular flexibility index (Phi) is 7.40. The summed E-state index contributed by atoms with van der Waals surface area (Å²) >= 11 is 2.82. The Labute approximate surface area is 221 Å². The summed E-state index contributed by atoms with van der Waals surface area (Å²) in [5.74, 6) is 0.409. The van der Waals surface area contributed by atoms with Crippen LogP contribution < -0.4 is 10.1 Å². The van der Waals surface area contributed by atoms with Crippen molar-refractivity contribution < 1.29 is 19.0 Å². The first kappa shape index (κ1) is 25.2. The van der Waals surface area contributed by atoms with Gasteiger partial charge in [0.05, 0.1) is 29.2 Å². The first-order chi connectivity index (χ1) is 18.0. The summed E-state index contributed by atoms with van der Waals surface area (Å²) in [5, 5.41) is 13.3. The monoisotopic (exact) mass is 534 g/mol. The van der Waals surface area contributed by atoms with Crippen molar-refractivity contribution in [2.45, 2.75) is 29.9 Å². The van der Waals surface area contributed by atoms with Crippen LogP contribution in [-0.4, -0.2) is 38.0 Å². The van der Waals surface area contributed by atoms with Gasteiger partial charge < -0.3 is 15.2 Å². The van der Waals surface area contributed by atoms with Crippen LogP contribution in [0, 0.1) is 12.7 Å². The molecular formula is C27H23FN4O3S2. The van der Waals surface area contributed by atoms with Crippen molar-refractivity contribution in [1.29, 1.82) is 0 Å². The molecule has 1 aliphatic heterocycles. The molecule has 37 heavy (non-hydrogen) atoms. The van der Waals surface area contributed by atoms with E-state index in [1.54, 1.807) is 36.2 Å². The van der Waals surface area contributed by atoms with Crippen molar-refractivity contribution in [3.63, 3.8) is 0 Å². The van der Waals surface area contributed by atoms with Crippen LogP contribution in [0.1, 0.15) is 22.4 Å². The van der Waals surface area contributed by atoms with E-state index in [1.807, 2.05) is 37.4 Å². The molecule has 1 amide bonds. The summed E-state index contributed by atoms with van der Waals surface area (Å²) in [5.41, 5.74) is 3.72. The number of pyridine rings is 1. The topological polar surface area (TPSA) is 97.2 Å². The fourth-order valence-electron chi connectivity index (χ4n) is 4.01. The second-order valence-corrected chi connectivity index (χ2v) is 10.1. The molecular weight excluding hydrogens is 511 g/mol. The zero-order valence-electron chi connectivity index (χ0n) is 20.1. The normalized spacial score (nSPS) is 11.9. The number of fused-ring (bicyclic) bond motifs is 2. The van der Waals surface area contributed by atoms with Crippen molar-refractivity contribution in [3.8, 4) is 23.0 Å². The summed E-state index contributed by atoms with van der Waals surface area (Å²) in [6, 6.07) is 13.9. The van der Waals surface area contributed by atoms with Gasteiger partial charge in [-0.25, -0.2) is 9.37 Å². The number of amides is 1. The minimum Gasteiger partial charge on any atom is -0.436 e. The standard InChI is InChI=1S/C27H23FN4O3S2/c1-15-24-20(16(13-33)12-29-15)11-21-26(35-24)31-25(19-8-3-4-9-22(19)28)32-27(21)37-14-23(34)30-17-6-5-7-18(10-17)36-2/h3-10,12,33H,11,13-14H2,1-2H3,(H,30,34). The molecule has 2 aromatic heterocycles. The average Bonchev–Trinajstić information content (AvgIpc) is 2.91. The summed E-state index contributed by atoms with van der Waals surface area (Å²) in [6.45, 7) is 1.62. The number of ether oxygens (including phenoxy) is 1. The average molecular weight is 535 g/mol. The molecule has 1 aliphatic rings. The lowest BCUT2D eigenvalue weighted by molar-refractivity contribution is -0.113. The minimum atomic E-state index is -0.457. The van der Waals surface area contributed by atoms with Crippen LogP contribution in [-0.2, 0) is 17.8 Å². The van der Waals surface area contributed by atoms with Gasteiger partial charge in [0.25, 0.3) is 0 Å². The maximum absolute atomic E-state index is 14.6. The smallest absolute Gasteiger partial charge is 0.234 e. The van der Waals surface area contributed by atoms with Crippen LogP contribution in [0.4, 0.5) is 10.1 Å². The fraction of sp³-hybridized carbons (Fsp3) is 0.185. The number of carbonyl (C=O) groups excluding carboxylic acids is 1. The van der Waals surface area contributed by atoms with E-state index in [9.17, 15) is 14.3 Å². The van der Waals surface area contributed by atoms with Crippen molar-refractivity contribution in [2.75, 3.05) is 17.3 Å². The van der Waals surface area contributed by atoms with E-state index in [-0.39, 0.29) is 35.5 Å². The van der Waals surface area contributed by atoms with Crippen molar-refractivity contribution in [1.82, 2.24) is 15.0 Å². The van der Waals surface area contributed by atoms with Gasteiger partial charge in [-0.15, -0.1) is 11.8 Å². The van der Waals surface area contributed by atoms with Crippen molar-refractivity contribution >= 4 is 35.1 Å². The number of anilines is 1. The number of aliphatic hydroxyl groups is 1. The molecule has 4 aromatic rings. The highest BCUT2D eigenvalue weighted by molar-refractivity contribution is 8.00. The predicted molar refractivity (Wildman–Crippen MR) is 143 cm³/mol. The molecule has 0 saturated heterocycles. The molecule has 10 heteroatoms. The lowest BCUT2D eigenvalue weighted by Crippen LogP contribution is -2.16. The Hall–Kier alpha value is -3.47. The summed E-state index contributed by atoms with van der Waals surface area (Å²) in [6.07, 6.45) is 3.99. The molecule has 0 atom stereocenters. The Balaban J connectivity index is 1.49. The molecule has 188 valence electrons. The number of rotatable bonds is 7. The number of aliphatic hydroxyl groups excluding tert-OH is 1. The number of thioether (sulfide) groups is 2. The number of nitrogens with zero attached hydrogens (tertiary/aromatic N) is 3. The molecule has 0 saturated carbocycles. The molecule has 0 radical (unpaired) electrons. The van der Waals surface area contributed by atoms with E-state index < -0.39 is 5.82 Å². The predicted octanol–water partition coefficient (Wildman–Crippen LogP) is 5.63. The van der Waals surface area contributed by atoms with E-state index in [0.29, 0.717) is 39.7 Å². The van der Waals surface area contributed by atoms with Crippen LogP contribution in [0.3, 0.4) is 0 Å². The van der Waals surface area contributed by atoms with Crippen LogP contribution in [0.5, 0.6) is 11.6 Å². The van der Waals surface area contributed by atoms with Gasteiger partial charge in [0, 0.05) is 34.3 Å². The van der Waals surface area contributed by atoms with Gasteiger partial charge in [-0.3, -0.25) is 9.78 Å². The fourth-order valence-corrected chi connectivity index (χ4v) is 5.29. The summed E-state index contributed by atoms with van der Waals surface area (Å²) < 4.78 is 20.8. The van der Waals surface area contributed by atoms with Crippen LogP contribution in [0.15, 0.2) is 64.6 Å². The lowest BCUT2D eigenvalue weighted by Gasteiger charge is -2.24. The molecule has 0 fully saturated rings. The van der Waals surface area contributed by atoms with E-state index in [0.717, 1.165) is 10.5 Å². The van der Waals surface area contributed by atoms with Crippen LogP contribution in [0.25, 0.3) is 11.4 Å². The number of halogens is 1. The molecule has 0 spiro atoms. The van der Waals surface area contributed by atoms with Crippen LogP contribution in [0.2, 0.25) is 0 Å². The Bertz CT molecular complexity index is 1500. The second-order valence-electron chi connectivity index (χ2n) is 8.30. The molecule has 5 rings (SSSR count). The zero-order chi connectivity index (χ0) is 25.9. The number of aryl methyl sites for hydroxylation is 1. The number of aromatic nitrogens is 3. The first-order valence-corrected chi connectivity index (χ1v) is 13.7. The highest BCUT2D eigenvalue weighted by Crippen LogP contribution is 2.42. The number of carbonyl (C=O) groups is 1. The number of nitrogens with one attached hydrogen (secondary N) is 1. The van der Waals surface area contributed by atoms with E-state index >= 15 is 0 Å². The second kappa shape index (κ2) is 10.9. The van der Waals surface area contributed by atoms with Gasteiger partial charge >= 0.3 is 0 Å². The Morgan fingerprint density at radius 1 is 1.16 bits per heavy atom. The van der Waals surface area contributed by atoms with Gasteiger partial charge in [-0.2, -0.15) is 4.98 Å². The Morgan fingerprint density at radius 2 is 2.00 bits per heavy atom. The summed E-state index contributed by atoms with van der Waals surface area (Å²) in [4.78, 5) is 27.3. The maximum atomic E-state index is 14.6. The highest BCUT2D eigenvalue weighted by Gasteiger charge is 2.28. The number of hydrogen-bond acceptors (Lipinski definition) is 8. The molecule has 0 unspecified atom stereocenters. The lowest BCUT2D eigenvalue weighted by atomic mass is 9.99. The van der Waals surface area contributed by atoms with Crippen LogP contribution >= 0.6 is 23.5 Å². The van der Waals surface area contributed by atoms with Crippen molar-refractivity contribution in [2.24, 2.45) is 0 Å². The largest absolute Gasteiger partial charge is 0.436 e. The van der Waals surface area contributed by atoms with Gasteiger partial charge in [-0.1, -0.05) is 30.0 Å². The SMILES string of the molecule is CSc1cccc(NC(=O)CSc2nc(-c3ccccc3F)nc3c2Cc2c(CO)cnc(C)c2O3)c1. The molecule has 3 heterocycles. The minimum absolute atomic E-state index is 0.0821. The van der Waals surface area contributed by atoms with E-state index in [1.165, 1.54) is 17.8 Å². The molecule has 7 nitrogen and oxygen atoms in total. The molecule has 0 aliphatic carbocycles. The molecule has 0 bridgehead atoms. The maximum Gasteiger partial charge on any atom is 0.234 e. The van der Waals surface area contributed by atoms with E-state index in [2.05, 4.69) is 20.3 Å². The third-order valence-electron chi connectivity index (χ3n) is 5.87.